The first-order chi connectivity index (χ1) is 10.1. The van der Waals surface area contributed by atoms with Crippen molar-refractivity contribution in [3.63, 3.8) is 0 Å². The third kappa shape index (κ3) is 6.64. The minimum atomic E-state index is -1.77. The van der Waals surface area contributed by atoms with E-state index in [0.717, 1.165) is 4.90 Å². The zero-order valence-corrected chi connectivity index (χ0v) is 12.2. The van der Waals surface area contributed by atoms with Crippen LogP contribution in [0.2, 0.25) is 0 Å². The number of amides is 1. The van der Waals surface area contributed by atoms with Gasteiger partial charge in [0.2, 0.25) is 5.91 Å². The molecule has 0 unspecified atom stereocenters. The van der Waals surface area contributed by atoms with E-state index in [1.165, 1.54) is 7.05 Å². The lowest BCUT2D eigenvalue weighted by Crippen LogP contribution is -2.50. The standard InChI is InChI=1S/C12H24N2O8/c1-14(9(18)3-2-6(13)12(21)22)4-7(16)10(19)11(20)8(17)5-15/h6-8,10-11,15-17,19-20H,2-5,13H2,1H3,(H,21,22)/t6-,7-,8+,10+,11+/m0/s1. The van der Waals surface area contributed by atoms with Crippen LogP contribution in [0, 0.1) is 0 Å². The van der Waals surface area contributed by atoms with Crippen molar-refractivity contribution in [3.05, 3.63) is 0 Å². The Morgan fingerprint density at radius 3 is 2.05 bits per heavy atom. The van der Waals surface area contributed by atoms with Crippen LogP contribution in [0.1, 0.15) is 12.8 Å². The maximum Gasteiger partial charge on any atom is 0.320 e. The highest BCUT2D eigenvalue weighted by Crippen LogP contribution is 2.07. The van der Waals surface area contributed by atoms with E-state index in [-0.39, 0.29) is 19.4 Å². The van der Waals surface area contributed by atoms with E-state index in [4.69, 9.17) is 21.1 Å². The molecule has 0 bridgehead atoms. The van der Waals surface area contributed by atoms with Crippen LogP contribution < -0.4 is 5.73 Å². The Kier molecular flexibility index (Phi) is 9.09. The second kappa shape index (κ2) is 9.66. The molecule has 5 atom stereocenters. The summed E-state index contributed by atoms with van der Waals surface area (Å²) in [4.78, 5) is 23.3. The summed E-state index contributed by atoms with van der Waals surface area (Å²) in [6.45, 7) is -1.15. The molecule has 130 valence electrons. The fourth-order valence-corrected chi connectivity index (χ4v) is 1.65. The number of carbonyl (C=O) groups is 2. The summed E-state index contributed by atoms with van der Waals surface area (Å²) >= 11 is 0. The molecule has 0 rings (SSSR count). The van der Waals surface area contributed by atoms with Gasteiger partial charge in [-0.25, -0.2) is 0 Å². The molecule has 0 saturated carbocycles. The van der Waals surface area contributed by atoms with Gasteiger partial charge >= 0.3 is 5.97 Å². The summed E-state index contributed by atoms with van der Waals surface area (Å²) in [5, 5.41) is 55.1. The van der Waals surface area contributed by atoms with Crippen LogP contribution >= 0.6 is 0 Å². The van der Waals surface area contributed by atoms with E-state index in [9.17, 15) is 24.9 Å². The molecule has 1 amide bonds. The van der Waals surface area contributed by atoms with Crippen LogP contribution in [0.25, 0.3) is 0 Å². The highest BCUT2D eigenvalue weighted by molar-refractivity contribution is 5.78. The Hall–Kier alpha value is -1.30. The number of carboxylic acids is 1. The second-order valence-corrected chi connectivity index (χ2v) is 5.06. The van der Waals surface area contributed by atoms with Crippen molar-refractivity contribution in [2.75, 3.05) is 20.2 Å². The molecule has 0 aromatic carbocycles. The van der Waals surface area contributed by atoms with E-state index in [2.05, 4.69) is 0 Å². The topological polar surface area (TPSA) is 185 Å². The van der Waals surface area contributed by atoms with Gasteiger partial charge in [-0.15, -0.1) is 0 Å². The maximum atomic E-state index is 11.7. The maximum absolute atomic E-state index is 11.7. The third-order valence-electron chi connectivity index (χ3n) is 3.20. The molecule has 0 fully saturated rings. The van der Waals surface area contributed by atoms with Gasteiger partial charge in [-0.3, -0.25) is 9.59 Å². The fourth-order valence-electron chi connectivity index (χ4n) is 1.65. The van der Waals surface area contributed by atoms with Gasteiger partial charge in [0.05, 0.1) is 6.61 Å². The van der Waals surface area contributed by atoms with Crippen molar-refractivity contribution in [1.82, 2.24) is 4.90 Å². The van der Waals surface area contributed by atoms with Crippen molar-refractivity contribution in [2.24, 2.45) is 5.73 Å². The van der Waals surface area contributed by atoms with Gasteiger partial charge < -0.3 is 41.3 Å². The summed E-state index contributed by atoms with van der Waals surface area (Å²) in [7, 11) is 1.32. The summed E-state index contributed by atoms with van der Waals surface area (Å²) < 4.78 is 0. The van der Waals surface area contributed by atoms with Crippen LogP contribution in [0.5, 0.6) is 0 Å². The number of aliphatic hydroxyl groups is 5. The predicted molar refractivity (Wildman–Crippen MR) is 73.6 cm³/mol. The highest BCUT2D eigenvalue weighted by Gasteiger charge is 2.31. The number of likely N-dealkylation sites (N-methyl/N-ethyl adjacent to an activating group) is 1. The molecule has 10 nitrogen and oxygen atoms in total. The van der Waals surface area contributed by atoms with Crippen LogP contribution in [0.3, 0.4) is 0 Å². The average molecular weight is 324 g/mol. The average Bonchev–Trinajstić information content (AvgIpc) is 2.49. The van der Waals surface area contributed by atoms with E-state index in [1.54, 1.807) is 0 Å². The van der Waals surface area contributed by atoms with Crippen molar-refractivity contribution in [3.8, 4) is 0 Å². The van der Waals surface area contributed by atoms with Crippen molar-refractivity contribution < 1.29 is 40.2 Å². The van der Waals surface area contributed by atoms with Crippen LogP contribution in [-0.4, -0.2) is 98.1 Å². The summed E-state index contributed by atoms with van der Waals surface area (Å²) in [5.41, 5.74) is 5.26. The van der Waals surface area contributed by atoms with Gasteiger partial charge in [0.15, 0.2) is 0 Å². The van der Waals surface area contributed by atoms with Crippen molar-refractivity contribution in [1.29, 1.82) is 0 Å². The third-order valence-corrected chi connectivity index (χ3v) is 3.20. The van der Waals surface area contributed by atoms with Crippen LogP contribution in [0.15, 0.2) is 0 Å². The molecule has 0 saturated heterocycles. The lowest BCUT2D eigenvalue weighted by molar-refractivity contribution is -0.140. The first kappa shape index (κ1) is 20.7. The minimum Gasteiger partial charge on any atom is -0.480 e. The molecular weight excluding hydrogens is 300 g/mol. The molecule has 0 aromatic rings. The molecule has 8 N–H and O–H groups in total. The normalized spacial score (nSPS) is 18.1. The van der Waals surface area contributed by atoms with Gasteiger partial charge in [-0.1, -0.05) is 0 Å². The summed E-state index contributed by atoms with van der Waals surface area (Å²) in [6.07, 6.45) is -6.96. The number of aliphatic hydroxyl groups excluding tert-OH is 5. The number of hydrogen-bond donors (Lipinski definition) is 7. The van der Waals surface area contributed by atoms with E-state index >= 15 is 0 Å². The van der Waals surface area contributed by atoms with Gasteiger partial charge in [0.1, 0.15) is 30.5 Å². The van der Waals surface area contributed by atoms with E-state index < -0.39 is 48.9 Å². The first-order valence-electron chi connectivity index (χ1n) is 6.67. The smallest absolute Gasteiger partial charge is 0.320 e. The highest BCUT2D eigenvalue weighted by atomic mass is 16.4. The Bertz CT molecular complexity index is 367. The van der Waals surface area contributed by atoms with E-state index in [0.29, 0.717) is 0 Å². The Balaban J connectivity index is 4.36. The summed E-state index contributed by atoms with van der Waals surface area (Å²) in [5.74, 6) is -1.73. The number of nitrogens with two attached hydrogens (primary N) is 1. The van der Waals surface area contributed by atoms with Gasteiger partial charge in [0.25, 0.3) is 0 Å². The monoisotopic (exact) mass is 324 g/mol. The quantitative estimate of drug-likeness (QED) is 0.211. The first-order valence-corrected chi connectivity index (χ1v) is 6.67. The zero-order chi connectivity index (χ0) is 17.4. The molecule has 0 aliphatic heterocycles. The van der Waals surface area contributed by atoms with Gasteiger partial charge in [0, 0.05) is 20.0 Å². The van der Waals surface area contributed by atoms with Crippen LogP contribution in [0.4, 0.5) is 0 Å². The minimum absolute atomic E-state index is 0.0804. The van der Waals surface area contributed by atoms with Crippen molar-refractivity contribution >= 4 is 11.9 Å². The predicted octanol–water partition coefficient (Wildman–Crippen LogP) is -3.93. The van der Waals surface area contributed by atoms with Crippen molar-refractivity contribution in [2.45, 2.75) is 43.3 Å². The van der Waals surface area contributed by atoms with Gasteiger partial charge in [-0.05, 0) is 6.42 Å². The Morgan fingerprint density at radius 2 is 1.59 bits per heavy atom. The molecule has 0 aliphatic rings. The second-order valence-electron chi connectivity index (χ2n) is 5.06. The largest absolute Gasteiger partial charge is 0.480 e. The summed E-state index contributed by atoms with van der Waals surface area (Å²) in [6, 6.07) is -1.17. The molecule has 0 spiro atoms. The molecule has 10 heteroatoms. The molecule has 0 heterocycles. The number of nitrogens with zero attached hydrogens (tertiary/aromatic N) is 1. The fraction of sp³-hybridized carbons (Fsp3) is 0.833. The lowest BCUT2D eigenvalue weighted by atomic mass is 10.0. The zero-order valence-electron chi connectivity index (χ0n) is 12.2. The number of carbonyl (C=O) groups excluding carboxylic acids is 1. The van der Waals surface area contributed by atoms with Crippen LogP contribution in [-0.2, 0) is 9.59 Å². The van der Waals surface area contributed by atoms with Gasteiger partial charge in [-0.2, -0.15) is 0 Å². The molecule has 0 radical (unpaired) electrons. The lowest BCUT2D eigenvalue weighted by Gasteiger charge is -2.28. The SMILES string of the molecule is CN(C[C@H](O)[C@@H](O)[C@H](O)[C@H](O)CO)C(=O)CC[C@H](N)C(=O)O. The molecular formula is C12H24N2O8. The Morgan fingerprint density at radius 1 is 1.09 bits per heavy atom. The number of aliphatic carboxylic acids is 1. The van der Waals surface area contributed by atoms with E-state index in [1.807, 2.05) is 0 Å². The molecule has 0 aliphatic carbocycles. The molecule has 22 heavy (non-hydrogen) atoms. The molecule has 0 aromatic heterocycles. The Labute approximate surface area is 127 Å². The number of carboxylic acid groups (broad SMARTS) is 1. The number of rotatable bonds is 10. The number of hydrogen-bond acceptors (Lipinski definition) is 8.